The zero-order valence-electron chi connectivity index (χ0n) is 31.8. The molecule has 6 rings (SSSR count). The molecule has 0 radical (unpaired) electrons. The van der Waals surface area contributed by atoms with Crippen LogP contribution < -0.4 is 18.9 Å². The molecule has 9 heteroatoms. The van der Waals surface area contributed by atoms with Gasteiger partial charge in [-0.2, -0.15) is 0 Å². The summed E-state index contributed by atoms with van der Waals surface area (Å²) in [7, 11) is 1.65. The first-order chi connectivity index (χ1) is 25.7. The van der Waals surface area contributed by atoms with Crippen molar-refractivity contribution in [2.75, 3.05) is 39.9 Å². The summed E-state index contributed by atoms with van der Waals surface area (Å²) in [5, 5.41) is 0. The smallest absolute Gasteiger partial charge is 0.246 e. The van der Waals surface area contributed by atoms with Crippen molar-refractivity contribution in [3.05, 3.63) is 148 Å². The van der Waals surface area contributed by atoms with E-state index in [0.717, 1.165) is 65.6 Å². The van der Waals surface area contributed by atoms with Gasteiger partial charge in [0, 0.05) is 51.3 Å². The largest absolute Gasteiger partial charge is 0.497 e. The molecule has 0 bridgehead atoms. The lowest BCUT2D eigenvalue weighted by molar-refractivity contribution is -0.127. The second-order valence-electron chi connectivity index (χ2n) is 13.7. The fourth-order valence-corrected chi connectivity index (χ4v) is 6.45. The van der Waals surface area contributed by atoms with Gasteiger partial charge in [0.15, 0.2) is 0 Å². The zero-order valence-corrected chi connectivity index (χ0v) is 32.7. The average molecular weight is 748 g/mol. The van der Waals surface area contributed by atoms with Gasteiger partial charge in [0.1, 0.15) is 29.6 Å². The monoisotopic (exact) mass is 747 g/mol. The molecule has 1 aromatic heterocycles. The van der Waals surface area contributed by atoms with Crippen LogP contribution in [0.1, 0.15) is 44.5 Å². The number of hydrogen-bond acceptors (Lipinski definition) is 7. The molecule has 282 valence electrons. The van der Waals surface area contributed by atoms with Crippen molar-refractivity contribution in [1.29, 1.82) is 0 Å². The number of amides is 1. The summed E-state index contributed by atoms with van der Waals surface area (Å²) >= 11 is 0. The SMILES string of the molecule is COc1ccc(COc2ccc(Oc3c(C)cc(/C=C/C(=O)N4CCN(Cc5ccc(CCOc6ccc(C)cc6)c(C)c5)CC4)cc3C)nc2)cc1.Cl. The second-order valence-corrected chi connectivity index (χ2v) is 13.7. The standard InChI is InChI=1S/C45H49N3O5.ClH/c1-32-6-13-41(14-7-32)51-25-20-39-12-8-38(26-33(39)2)30-47-21-23-48(24-22-47)44(49)19-11-37-27-34(3)45(35(4)28-37)53-43-18-17-42(29-46-43)52-31-36-9-15-40(50-5)16-10-36;/h6-19,26-29H,20-25,30-31H2,1-5H3;1H/b19-11+;. The fraction of sp³-hybridized carbons (Fsp3) is 0.289. The number of hydrogen-bond donors (Lipinski definition) is 0. The normalized spacial score (nSPS) is 13.0. The Labute approximate surface area is 325 Å². The van der Waals surface area contributed by atoms with Crippen molar-refractivity contribution in [2.45, 2.75) is 47.3 Å². The third-order valence-corrected chi connectivity index (χ3v) is 9.54. The Bertz CT molecular complexity index is 1980. The summed E-state index contributed by atoms with van der Waals surface area (Å²) in [5.41, 5.74) is 9.05. The molecule has 8 nitrogen and oxygen atoms in total. The molecule has 1 amide bonds. The first-order valence-corrected chi connectivity index (χ1v) is 18.2. The minimum absolute atomic E-state index is 0. The summed E-state index contributed by atoms with van der Waals surface area (Å²) in [4.78, 5) is 21.9. The quantitative estimate of drug-likeness (QED) is 0.105. The third kappa shape index (κ3) is 11.1. The molecular formula is C45H50ClN3O5. The molecule has 0 aliphatic carbocycles. The Kier molecular flexibility index (Phi) is 14.1. The number of rotatable bonds is 14. The Morgan fingerprint density at radius 3 is 2.06 bits per heavy atom. The van der Waals surface area contributed by atoms with Gasteiger partial charge in [-0.25, -0.2) is 4.98 Å². The van der Waals surface area contributed by atoms with Crippen LogP contribution in [0.2, 0.25) is 0 Å². The van der Waals surface area contributed by atoms with Crippen LogP contribution in [0.5, 0.6) is 28.9 Å². The Morgan fingerprint density at radius 2 is 1.41 bits per heavy atom. The molecule has 1 saturated heterocycles. The highest BCUT2D eigenvalue weighted by Gasteiger charge is 2.20. The van der Waals surface area contributed by atoms with Gasteiger partial charge in [-0.15, -0.1) is 12.4 Å². The Hall–Kier alpha value is -5.31. The molecule has 5 aromatic rings. The Morgan fingerprint density at radius 1 is 0.741 bits per heavy atom. The number of methoxy groups -OCH3 is 1. The predicted molar refractivity (Wildman–Crippen MR) is 217 cm³/mol. The van der Waals surface area contributed by atoms with Crippen LogP contribution in [0.4, 0.5) is 0 Å². The molecule has 1 aliphatic heterocycles. The number of ether oxygens (including phenoxy) is 4. The van der Waals surface area contributed by atoms with E-state index >= 15 is 0 Å². The number of benzene rings is 4. The van der Waals surface area contributed by atoms with E-state index in [-0.39, 0.29) is 18.3 Å². The molecule has 0 spiro atoms. The lowest BCUT2D eigenvalue weighted by atomic mass is 10.0. The molecule has 0 saturated carbocycles. The number of nitrogens with zero attached hydrogens (tertiary/aromatic N) is 3. The summed E-state index contributed by atoms with van der Waals surface area (Å²) in [6.45, 7) is 13.3. The Balaban J connectivity index is 0.00000561. The van der Waals surface area contributed by atoms with E-state index in [9.17, 15) is 4.79 Å². The number of pyridine rings is 1. The van der Waals surface area contributed by atoms with Crippen molar-refractivity contribution in [3.8, 4) is 28.9 Å². The number of carbonyl (C=O) groups is 1. The van der Waals surface area contributed by atoms with E-state index < -0.39 is 0 Å². The van der Waals surface area contributed by atoms with E-state index in [4.69, 9.17) is 18.9 Å². The van der Waals surface area contributed by atoms with Crippen molar-refractivity contribution >= 4 is 24.4 Å². The maximum absolute atomic E-state index is 13.1. The maximum atomic E-state index is 13.1. The van der Waals surface area contributed by atoms with Crippen LogP contribution in [0, 0.1) is 27.7 Å². The third-order valence-electron chi connectivity index (χ3n) is 9.54. The maximum Gasteiger partial charge on any atom is 0.246 e. The first-order valence-electron chi connectivity index (χ1n) is 18.2. The van der Waals surface area contributed by atoms with Gasteiger partial charge >= 0.3 is 0 Å². The summed E-state index contributed by atoms with van der Waals surface area (Å²) in [6.07, 6.45) is 6.11. The van der Waals surface area contributed by atoms with Gasteiger partial charge in [0.05, 0.1) is 19.9 Å². The van der Waals surface area contributed by atoms with E-state index in [1.165, 1.54) is 22.3 Å². The van der Waals surface area contributed by atoms with Crippen LogP contribution in [0.3, 0.4) is 0 Å². The van der Waals surface area contributed by atoms with Gasteiger partial charge in [-0.1, -0.05) is 48.0 Å². The van der Waals surface area contributed by atoms with Crippen LogP contribution in [0.15, 0.2) is 103 Å². The molecule has 0 N–H and O–H groups in total. The van der Waals surface area contributed by atoms with Crippen molar-refractivity contribution in [3.63, 3.8) is 0 Å². The van der Waals surface area contributed by atoms with Gasteiger partial charge in [-0.3, -0.25) is 9.69 Å². The van der Waals surface area contributed by atoms with Gasteiger partial charge < -0.3 is 23.8 Å². The molecule has 0 unspecified atom stereocenters. The molecule has 54 heavy (non-hydrogen) atoms. The van der Waals surface area contributed by atoms with Crippen molar-refractivity contribution < 1.29 is 23.7 Å². The number of aromatic nitrogens is 1. The zero-order chi connectivity index (χ0) is 37.2. The number of halogens is 1. The van der Waals surface area contributed by atoms with E-state index in [1.807, 2.05) is 79.4 Å². The van der Waals surface area contributed by atoms with Crippen LogP contribution >= 0.6 is 12.4 Å². The highest BCUT2D eigenvalue weighted by Crippen LogP contribution is 2.30. The highest BCUT2D eigenvalue weighted by atomic mass is 35.5. The molecule has 1 fully saturated rings. The molecule has 2 heterocycles. The summed E-state index contributed by atoms with van der Waals surface area (Å²) in [6, 6.07) is 30.4. The fourth-order valence-electron chi connectivity index (χ4n) is 6.45. The second kappa shape index (κ2) is 19.1. The number of aryl methyl sites for hydroxylation is 4. The summed E-state index contributed by atoms with van der Waals surface area (Å²) in [5.74, 6) is 3.65. The van der Waals surface area contributed by atoms with Gasteiger partial charge in [-0.05, 0) is 115 Å². The topological polar surface area (TPSA) is 73.4 Å². The van der Waals surface area contributed by atoms with E-state index in [1.54, 1.807) is 25.4 Å². The summed E-state index contributed by atoms with van der Waals surface area (Å²) < 4.78 is 23.2. The lowest BCUT2D eigenvalue weighted by Crippen LogP contribution is -2.47. The average Bonchev–Trinajstić information content (AvgIpc) is 3.17. The van der Waals surface area contributed by atoms with Crippen molar-refractivity contribution in [2.24, 2.45) is 0 Å². The van der Waals surface area contributed by atoms with Crippen LogP contribution in [0.25, 0.3) is 6.08 Å². The minimum Gasteiger partial charge on any atom is -0.497 e. The lowest BCUT2D eigenvalue weighted by Gasteiger charge is -2.34. The van der Waals surface area contributed by atoms with Gasteiger partial charge in [0.25, 0.3) is 0 Å². The van der Waals surface area contributed by atoms with Crippen LogP contribution in [-0.2, 0) is 24.4 Å². The minimum atomic E-state index is 0. The van der Waals surface area contributed by atoms with Crippen LogP contribution in [-0.4, -0.2) is 60.6 Å². The molecule has 1 aliphatic rings. The molecular weight excluding hydrogens is 698 g/mol. The molecule has 0 atom stereocenters. The number of carbonyl (C=O) groups excluding carboxylic acids is 1. The number of piperazine rings is 1. The van der Waals surface area contributed by atoms with E-state index in [2.05, 4.69) is 54.1 Å². The highest BCUT2D eigenvalue weighted by molar-refractivity contribution is 5.92. The predicted octanol–water partition coefficient (Wildman–Crippen LogP) is 9.10. The van der Waals surface area contributed by atoms with E-state index in [0.29, 0.717) is 37.9 Å². The first kappa shape index (κ1) is 39.9. The van der Waals surface area contributed by atoms with Crippen molar-refractivity contribution in [1.82, 2.24) is 14.8 Å². The molecule has 4 aromatic carbocycles. The van der Waals surface area contributed by atoms with Gasteiger partial charge in [0.2, 0.25) is 11.8 Å².